The lowest BCUT2D eigenvalue weighted by Gasteiger charge is -2.30. The van der Waals surface area contributed by atoms with Gasteiger partial charge in [-0.1, -0.05) is 12.1 Å². The number of amidine groups is 1. The maximum absolute atomic E-state index is 12.5. The average molecular weight is 295 g/mol. The van der Waals surface area contributed by atoms with Crippen molar-refractivity contribution in [3.8, 4) is 0 Å². The lowest BCUT2D eigenvalue weighted by molar-refractivity contribution is -0.184. The summed E-state index contributed by atoms with van der Waals surface area (Å²) in [7, 11) is 0. The van der Waals surface area contributed by atoms with E-state index in [9.17, 15) is 18.0 Å². The highest BCUT2D eigenvalue weighted by Crippen LogP contribution is 2.39. The van der Waals surface area contributed by atoms with Gasteiger partial charge >= 0.3 is 6.18 Å². The molecule has 0 aliphatic heterocycles. The van der Waals surface area contributed by atoms with Crippen molar-refractivity contribution in [3.63, 3.8) is 0 Å². The fraction of sp³-hybridized carbons (Fsp3) is 0.833. The number of hydrogen-bond donors (Lipinski definition) is 3. The Labute approximate surface area is 115 Å². The third-order valence-corrected chi connectivity index (χ3v) is 3.76. The highest BCUT2D eigenvalue weighted by Gasteiger charge is 2.42. The topological polar surface area (TPSA) is 87.7 Å². The number of amides is 1. The summed E-state index contributed by atoms with van der Waals surface area (Å²) in [4.78, 5) is 12.0. The molecule has 0 aromatic rings. The van der Waals surface area contributed by atoms with Crippen molar-refractivity contribution < 1.29 is 23.2 Å². The molecule has 8 heteroatoms. The van der Waals surface area contributed by atoms with Gasteiger partial charge in [0.2, 0.25) is 5.91 Å². The van der Waals surface area contributed by atoms with Crippen LogP contribution in [0.1, 0.15) is 39.0 Å². The third kappa shape index (κ3) is 4.28. The number of halogens is 3. The summed E-state index contributed by atoms with van der Waals surface area (Å²) in [6.07, 6.45) is -3.37. The van der Waals surface area contributed by atoms with E-state index in [0.29, 0.717) is 6.42 Å². The Hall–Kier alpha value is -1.47. The summed E-state index contributed by atoms with van der Waals surface area (Å²) in [5.41, 5.74) is 5.42. The van der Waals surface area contributed by atoms with Crippen molar-refractivity contribution in [1.82, 2.24) is 5.32 Å². The summed E-state index contributed by atoms with van der Waals surface area (Å²) < 4.78 is 37.6. The van der Waals surface area contributed by atoms with Crippen molar-refractivity contribution in [2.24, 2.45) is 22.7 Å². The predicted molar refractivity (Wildman–Crippen MR) is 67.1 cm³/mol. The Morgan fingerprint density at radius 1 is 1.40 bits per heavy atom. The third-order valence-electron chi connectivity index (χ3n) is 3.76. The second kappa shape index (κ2) is 6.81. The van der Waals surface area contributed by atoms with Crippen molar-refractivity contribution in [3.05, 3.63) is 0 Å². The van der Waals surface area contributed by atoms with Crippen LogP contribution in [0.25, 0.3) is 0 Å². The van der Waals surface area contributed by atoms with Gasteiger partial charge in [0, 0.05) is 5.92 Å². The number of alkyl halides is 3. The molecule has 1 aliphatic carbocycles. The van der Waals surface area contributed by atoms with Crippen LogP contribution in [0.3, 0.4) is 0 Å². The number of rotatable bonds is 4. The second-order valence-electron chi connectivity index (χ2n) is 5.08. The fourth-order valence-corrected chi connectivity index (χ4v) is 2.43. The largest absolute Gasteiger partial charge is 0.409 e. The van der Waals surface area contributed by atoms with E-state index in [2.05, 4.69) is 10.5 Å². The first kappa shape index (κ1) is 16.6. The SMILES string of the molecule is CCC(NC(=O)C1CCC(C(F)(F)F)CC1)C(N)=NO. The molecule has 0 spiro atoms. The van der Waals surface area contributed by atoms with Gasteiger partial charge in [-0.15, -0.1) is 0 Å². The molecule has 20 heavy (non-hydrogen) atoms. The average Bonchev–Trinajstić information content (AvgIpc) is 2.42. The van der Waals surface area contributed by atoms with Gasteiger partial charge in [0.05, 0.1) is 12.0 Å². The van der Waals surface area contributed by atoms with Gasteiger partial charge in [0.25, 0.3) is 0 Å². The van der Waals surface area contributed by atoms with Crippen molar-refractivity contribution in [1.29, 1.82) is 0 Å². The molecule has 1 aliphatic rings. The van der Waals surface area contributed by atoms with E-state index < -0.39 is 24.1 Å². The van der Waals surface area contributed by atoms with Crippen molar-refractivity contribution in [2.75, 3.05) is 0 Å². The number of nitrogens with one attached hydrogen (secondary N) is 1. The molecule has 0 aromatic carbocycles. The molecule has 0 aromatic heterocycles. The van der Waals surface area contributed by atoms with Crippen LogP contribution in [0.4, 0.5) is 13.2 Å². The van der Waals surface area contributed by atoms with E-state index in [1.807, 2.05) is 0 Å². The Kier molecular flexibility index (Phi) is 5.64. The minimum Gasteiger partial charge on any atom is -0.409 e. The van der Waals surface area contributed by atoms with Crippen LogP contribution in [0, 0.1) is 11.8 Å². The summed E-state index contributed by atoms with van der Waals surface area (Å²) in [5.74, 6) is -2.18. The molecular formula is C12H20F3N3O2. The number of oxime groups is 1. The first-order chi connectivity index (χ1) is 9.29. The van der Waals surface area contributed by atoms with Gasteiger partial charge in [0.15, 0.2) is 5.84 Å². The van der Waals surface area contributed by atoms with Crippen LogP contribution >= 0.6 is 0 Å². The van der Waals surface area contributed by atoms with Gasteiger partial charge in [-0.2, -0.15) is 13.2 Å². The van der Waals surface area contributed by atoms with Crippen LogP contribution in [0.2, 0.25) is 0 Å². The molecule has 1 atom stereocenters. The summed E-state index contributed by atoms with van der Waals surface area (Å²) in [5, 5.41) is 14.0. The Morgan fingerprint density at radius 3 is 2.35 bits per heavy atom. The zero-order valence-corrected chi connectivity index (χ0v) is 11.3. The molecule has 0 radical (unpaired) electrons. The molecule has 116 valence electrons. The first-order valence-electron chi connectivity index (χ1n) is 6.64. The molecule has 4 N–H and O–H groups in total. The lowest BCUT2D eigenvalue weighted by Crippen LogP contribution is -2.47. The van der Waals surface area contributed by atoms with E-state index in [-0.39, 0.29) is 37.4 Å². The summed E-state index contributed by atoms with van der Waals surface area (Å²) >= 11 is 0. The van der Waals surface area contributed by atoms with E-state index >= 15 is 0 Å². The van der Waals surface area contributed by atoms with Crippen molar-refractivity contribution in [2.45, 2.75) is 51.2 Å². The molecule has 1 unspecified atom stereocenters. The smallest absolute Gasteiger partial charge is 0.391 e. The minimum atomic E-state index is -4.18. The second-order valence-corrected chi connectivity index (χ2v) is 5.08. The van der Waals surface area contributed by atoms with Crippen LogP contribution in [-0.4, -0.2) is 29.2 Å². The number of hydrogen-bond acceptors (Lipinski definition) is 3. The molecule has 1 rings (SSSR count). The van der Waals surface area contributed by atoms with Crippen LogP contribution in [0.15, 0.2) is 5.16 Å². The quantitative estimate of drug-likeness (QED) is 0.321. The van der Waals surface area contributed by atoms with Gasteiger partial charge in [-0.3, -0.25) is 4.79 Å². The van der Waals surface area contributed by atoms with Gasteiger partial charge in [-0.25, -0.2) is 0 Å². The van der Waals surface area contributed by atoms with Gasteiger partial charge in [-0.05, 0) is 32.1 Å². The standard InChI is InChI=1S/C12H20F3N3O2/c1-2-9(10(16)18-20)17-11(19)7-3-5-8(6-4-7)12(13,14)15/h7-9,20H,2-6H2,1H3,(H2,16,18)(H,17,19). The Bertz CT molecular complexity index is 363. The maximum Gasteiger partial charge on any atom is 0.391 e. The Morgan fingerprint density at radius 2 is 1.95 bits per heavy atom. The number of carbonyl (C=O) groups excluding carboxylic acids is 1. The minimum absolute atomic E-state index is 0.0258. The molecule has 0 bridgehead atoms. The fourth-order valence-electron chi connectivity index (χ4n) is 2.43. The first-order valence-corrected chi connectivity index (χ1v) is 6.64. The molecule has 1 amide bonds. The normalized spacial score (nSPS) is 26.1. The number of nitrogens with two attached hydrogens (primary N) is 1. The highest BCUT2D eigenvalue weighted by molar-refractivity contribution is 5.90. The van der Waals surface area contributed by atoms with Gasteiger partial charge in [0.1, 0.15) is 0 Å². The molecule has 5 nitrogen and oxygen atoms in total. The zero-order valence-electron chi connectivity index (χ0n) is 11.3. The molecule has 0 heterocycles. The lowest BCUT2D eigenvalue weighted by atomic mass is 9.81. The van der Waals surface area contributed by atoms with Crippen LogP contribution in [-0.2, 0) is 4.79 Å². The summed E-state index contributed by atoms with van der Waals surface area (Å²) in [6.45, 7) is 1.75. The zero-order chi connectivity index (χ0) is 15.3. The predicted octanol–water partition coefficient (Wildman–Crippen LogP) is 2.00. The van der Waals surface area contributed by atoms with Gasteiger partial charge < -0.3 is 16.3 Å². The monoisotopic (exact) mass is 295 g/mol. The van der Waals surface area contributed by atoms with Crippen molar-refractivity contribution >= 4 is 11.7 Å². The molecular weight excluding hydrogens is 275 g/mol. The van der Waals surface area contributed by atoms with Crippen LogP contribution in [0.5, 0.6) is 0 Å². The van der Waals surface area contributed by atoms with E-state index in [1.165, 1.54) is 0 Å². The molecule has 1 fully saturated rings. The molecule has 0 saturated heterocycles. The van der Waals surface area contributed by atoms with E-state index in [0.717, 1.165) is 0 Å². The molecule has 1 saturated carbocycles. The number of nitrogens with zero attached hydrogens (tertiary/aromatic N) is 1. The highest BCUT2D eigenvalue weighted by atomic mass is 19.4. The Balaban J connectivity index is 2.51. The van der Waals surface area contributed by atoms with E-state index in [4.69, 9.17) is 10.9 Å². The number of carbonyl (C=O) groups is 1. The van der Waals surface area contributed by atoms with E-state index in [1.54, 1.807) is 6.92 Å². The van der Waals surface area contributed by atoms with Crippen LogP contribution < -0.4 is 11.1 Å². The summed E-state index contributed by atoms with van der Waals surface area (Å²) in [6, 6.07) is -0.590. The maximum atomic E-state index is 12.5.